The molecule has 13 heavy (non-hydrogen) atoms. The number of hydrogen-bond acceptors (Lipinski definition) is 4. The first kappa shape index (κ1) is 12.5. The second-order valence-corrected chi connectivity index (χ2v) is 2.39. The second-order valence-electron chi connectivity index (χ2n) is 1.67. The number of rotatable bonds is 3. The highest BCUT2D eigenvalue weighted by Crippen LogP contribution is 2.06. The minimum atomic E-state index is 0.465. The normalized spacial score (nSPS) is 8.54. The van der Waals surface area contributed by atoms with Crippen molar-refractivity contribution >= 4 is 0 Å². The van der Waals surface area contributed by atoms with Gasteiger partial charge in [0.2, 0.25) is 0 Å². The maximum absolute atomic E-state index is 9.74. The molecule has 0 aromatic heterocycles. The Balaban J connectivity index is 0.000000310. The Hall–Kier alpha value is -0.520. The van der Waals surface area contributed by atoms with Crippen molar-refractivity contribution in [3.63, 3.8) is 0 Å². The third kappa shape index (κ3) is 7.83. The smallest absolute Gasteiger partial charge is 0.393 e. The molecule has 0 aliphatic rings. The molecule has 0 heterocycles. The van der Waals surface area contributed by atoms with Gasteiger partial charge in [0.1, 0.15) is 7.11 Å². The van der Waals surface area contributed by atoms with Crippen molar-refractivity contribution in [1.82, 2.24) is 0 Å². The highest BCUT2D eigenvalue weighted by Gasteiger charge is 1.93. The maximum atomic E-state index is 9.74. The molecule has 0 radical (unpaired) electrons. The molecule has 0 bridgehead atoms. The van der Waals surface area contributed by atoms with E-state index in [1.807, 2.05) is 6.07 Å². The summed E-state index contributed by atoms with van der Waals surface area (Å²) < 4.78 is 27.0. The van der Waals surface area contributed by atoms with Gasteiger partial charge in [0.25, 0.3) is 0 Å². The van der Waals surface area contributed by atoms with Gasteiger partial charge < -0.3 is 9.32 Å². The Kier molecular flexibility index (Phi) is 9.18. The third-order valence-corrected chi connectivity index (χ3v) is 1.29. The highest BCUT2D eigenvalue weighted by molar-refractivity contribution is 5.19. The summed E-state index contributed by atoms with van der Waals surface area (Å²) in [6, 6.07) is 8.89. The molecule has 0 saturated heterocycles. The van der Waals surface area contributed by atoms with E-state index >= 15 is 0 Å². The Labute approximate surface area is 84.2 Å². The molecule has 1 rings (SSSR count). The van der Waals surface area contributed by atoms with Crippen LogP contribution in [0.1, 0.15) is 0 Å². The van der Waals surface area contributed by atoms with Crippen LogP contribution in [-0.2, 0) is 4.29 Å². The summed E-state index contributed by atoms with van der Waals surface area (Å²) in [5.41, 5.74) is 0. The molecular formula is C7H8Cl2O4. The fourth-order valence-electron chi connectivity index (χ4n) is 0.508. The van der Waals surface area contributed by atoms with Gasteiger partial charge in [-0.25, -0.2) is 4.29 Å². The highest BCUT2D eigenvalue weighted by atomic mass is 35.6. The van der Waals surface area contributed by atoms with Gasteiger partial charge in [0.05, 0.1) is 0 Å². The molecule has 6 heteroatoms. The number of benzene rings is 1. The molecule has 0 aliphatic heterocycles. The third-order valence-electron chi connectivity index (χ3n) is 0.927. The van der Waals surface area contributed by atoms with E-state index in [-0.39, 0.29) is 0 Å². The second kappa shape index (κ2) is 9.57. The molecule has 0 unspecified atom stereocenters. The first-order valence-electron chi connectivity index (χ1n) is 3.14. The standard InChI is InChI=1S/C6H5ClO2.CH3ClO2/c8-7-9-6-4-2-1-3-5-6;1-4-2-3/h1-5H;1H3. The van der Waals surface area contributed by atoms with Crippen LogP contribution >= 0.6 is 0 Å². The first-order valence-corrected chi connectivity index (χ1v) is 4.37. The molecular weight excluding hydrogens is 219 g/mol. The molecule has 0 N–H and O–H groups in total. The van der Waals surface area contributed by atoms with Gasteiger partial charge in [-0.2, -0.15) is 0 Å². The van der Waals surface area contributed by atoms with Crippen molar-refractivity contribution < 1.29 is 40.5 Å². The van der Waals surface area contributed by atoms with E-state index < -0.39 is 0 Å². The Bertz CT molecular complexity index is 193. The molecule has 0 fully saturated rings. The molecule has 1 aromatic carbocycles. The molecule has 0 atom stereocenters. The lowest BCUT2D eigenvalue weighted by Gasteiger charge is -1.87. The van der Waals surface area contributed by atoms with Crippen molar-refractivity contribution in [2.24, 2.45) is 0 Å². The van der Waals surface area contributed by atoms with Crippen molar-refractivity contribution in [3.8, 4) is 5.75 Å². The predicted octanol–water partition coefficient (Wildman–Crippen LogP) is -0.751. The van der Waals surface area contributed by atoms with Crippen LogP contribution in [0.2, 0.25) is 0 Å². The summed E-state index contributed by atoms with van der Waals surface area (Å²) in [7, 11) is 1.31. The summed E-state index contributed by atoms with van der Waals surface area (Å²) >= 11 is 0.979. The average molecular weight is 227 g/mol. The van der Waals surface area contributed by atoms with Crippen LogP contribution in [0, 0.1) is 22.7 Å². The summed E-state index contributed by atoms with van der Waals surface area (Å²) in [4.78, 5) is 0. The van der Waals surface area contributed by atoms with E-state index in [1.165, 1.54) is 7.11 Å². The van der Waals surface area contributed by atoms with E-state index in [1.54, 1.807) is 24.3 Å². The first-order chi connectivity index (χ1) is 6.35. The zero-order chi connectivity index (χ0) is 9.94. The van der Waals surface area contributed by atoms with E-state index in [0.29, 0.717) is 28.4 Å². The van der Waals surface area contributed by atoms with E-state index in [4.69, 9.17) is 4.66 Å². The van der Waals surface area contributed by atoms with Crippen molar-refractivity contribution in [1.29, 1.82) is 0 Å². The largest absolute Gasteiger partial charge is 0.506 e. The van der Waals surface area contributed by atoms with Crippen LogP contribution in [0.4, 0.5) is 0 Å². The minimum absolute atomic E-state index is 0.465. The van der Waals surface area contributed by atoms with Gasteiger partial charge >= 0.3 is 22.7 Å². The van der Waals surface area contributed by atoms with E-state index in [9.17, 15) is 4.66 Å². The minimum Gasteiger partial charge on any atom is -0.506 e. The lowest BCUT2D eigenvalue weighted by atomic mass is 10.3. The van der Waals surface area contributed by atoms with E-state index in [0.717, 1.165) is 0 Å². The van der Waals surface area contributed by atoms with E-state index in [2.05, 4.69) is 8.58 Å². The Morgan fingerprint density at radius 3 is 2.00 bits per heavy atom. The molecule has 0 saturated carbocycles. The van der Waals surface area contributed by atoms with Crippen LogP contribution in [-0.4, -0.2) is 7.11 Å². The molecule has 4 nitrogen and oxygen atoms in total. The van der Waals surface area contributed by atoms with Gasteiger partial charge in [-0.3, -0.25) is 0 Å². The zero-order valence-corrected chi connectivity index (χ0v) is 8.29. The zero-order valence-electron chi connectivity index (χ0n) is 6.78. The maximum Gasteiger partial charge on any atom is 0.393 e. The van der Waals surface area contributed by atoms with Crippen LogP contribution < -0.4 is 13.6 Å². The van der Waals surface area contributed by atoms with Crippen molar-refractivity contribution in [2.45, 2.75) is 0 Å². The van der Waals surface area contributed by atoms with Crippen LogP contribution in [0.15, 0.2) is 30.3 Å². The summed E-state index contributed by atoms with van der Waals surface area (Å²) in [6.45, 7) is 0. The summed E-state index contributed by atoms with van der Waals surface area (Å²) in [6.07, 6.45) is 0. The number of hydrogen-bond donors (Lipinski definition) is 0. The van der Waals surface area contributed by atoms with Crippen molar-refractivity contribution in [2.75, 3.05) is 7.11 Å². The number of para-hydroxylation sites is 1. The quantitative estimate of drug-likeness (QED) is 0.681. The predicted molar refractivity (Wildman–Crippen MR) is 34.1 cm³/mol. The topological polar surface area (TPSA) is 64.6 Å². The van der Waals surface area contributed by atoms with Gasteiger partial charge in [0, 0.05) is 0 Å². The molecule has 1 aromatic rings. The Morgan fingerprint density at radius 1 is 1.08 bits per heavy atom. The van der Waals surface area contributed by atoms with Gasteiger partial charge in [-0.15, -0.1) is 4.29 Å². The fraction of sp³-hybridized carbons (Fsp3) is 0.143. The van der Waals surface area contributed by atoms with Gasteiger partial charge in [-0.05, 0) is 12.1 Å². The van der Waals surface area contributed by atoms with Gasteiger partial charge in [-0.1, -0.05) is 18.2 Å². The number of halogens is 2. The lowest BCUT2D eigenvalue weighted by Crippen LogP contribution is -2.06. The fourth-order valence-corrected chi connectivity index (χ4v) is 0.684. The molecule has 0 spiro atoms. The monoisotopic (exact) mass is 226 g/mol. The van der Waals surface area contributed by atoms with Gasteiger partial charge in [0.15, 0.2) is 5.75 Å². The molecule has 74 valence electrons. The Morgan fingerprint density at radius 2 is 1.62 bits per heavy atom. The lowest BCUT2D eigenvalue weighted by molar-refractivity contribution is -1.27. The summed E-state index contributed by atoms with van der Waals surface area (Å²) in [5.74, 6) is 0.570. The summed E-state index contributed by atoms with van der Waals surface area (Å²) in [5, 5.41) is 0. The van der Waals surface area contributed by atoms with Crippen LogP contribution in [0.25, 0.3) is 0 Å². The van der Waals surface area contributed by atoms with Crippen LogP contribution in [0.3, 0.4) is 0 Å². The van der Waals surface area contributed by atoms with Crippen LogP contribution in [0.5, 0.6) is 5.75 Å². The SMILES string of the molecule is CO[Cl+][O-].[O-][Cl+]Oc1ccccc1. The average Bonchev–Trinajstić information content (AvgIpc) is 2.20. The molecule has 0 aliphatic carbocycles. The molecule has 0 amide bonds. The van der Waals surface area contributed by atoms with Crippen molar-refractivity contribution in [3.05, 3.63) is 30.3 Å².